The van der Waals surface area contributed by atoms with Gasteiger partial charge in [0.2, 0.25) is 0 Å². The van der Waals surface area contributed by atoms with E-state index in [1.807, 2.05) is 19.4 Å². The third kappa shape index (κ3) is 5.19. The highest BCUT2D eigenvalue weighted by Gasteiger charge is 2.11. The molecule has 4 nitrogen and oxygen atoms in total. The third-order valence-corrected chi connectivity index (χ3v) is 3.36. The lowest BCUT2D eigenvalue weighted by Crippen LogP contribution is -2.33. The Morgan fingerprint density at radius 1 is 1.39 bits per heavy atom. The topological polar surface area (TPSA) is 33.1 Å². The van der Waals surface area contributed by atoms with E-state index in [1.165, 1.54) is 6.42 Å². The first kappa shape index (κ1) is 15.2. The van der Waals surface area contributed by atoms with Crippen LogP contribution in [0, 0.1) is 5.92 Å². The molecule has 0 saturated heterocycles. The highest BCUT2D eigenvalue weighted by Crippen LogP contribution is 2.06. The molecule has 0 bridgehead atoms. The summed E-state index contributed by atoms with van der Waals surface area (Å²) in [5, 5.41) is 3.49. The molecular weight excluding hydrogens is 224 g/mol. The van der Waals surface area contributed by atoms with Crippen LogP contribution in [-0.4, -0.2) is 40.6 Å². The quantitative estimate of drug-likeness (QED) is 0.717. The summed E-state index contributed by atoms with van der Waals surface area (Å²) in [7, 11) is 4.22. The first-order valence-electron chi connectivity index (χ1n) is 6.88. The first-order chi connectivity index (χ1) is 8.50. The maximum atomic E-state index is 4.36. The maximum Gasteiger partial charge on any atom is 0.122 e. The molecule has 0 radical (unpaired) electrons. The molecule has 0 fully saturated rings. The number of imidazole rings is 1. The molecule has 1 unspecified atom stereocenters. The van der Waals surface area contributed by atoms with Gasteiger partial charge >= 0.3 is 0 Å². The van der Waals surface area contributed by atoms with Crippen molar-refractivity contribution in [2.45, 2.75) is 39.8 Å². The summed E-state index contributed by atoms with van der Waals surface area (Å²) in [6.45, 7) is 9.86. The van der Waals surface area contributed by atoms with Crippen molar-refractivity contribution < 1.29 is 0 Å². The Hall–Kier alpha value is -0.870. The van der Waals surface area contributed by atoms with E-state index >= 15 is 0 Å². The van der Waals surface area contributed by atoms with Crippen molar-refractivity contribution >= 4 is 0 Å². The van der Waals surface area contributed by atoms with Crippen LogP contribution in [0.4, 0.5) is 0 Å². The van der Waals surface area contributed by atoms with Gasteiger partial charge < -0.3 is 9.88 Å². The van der Waals surface area contributed by atoms with Crippen LogP contribution in [-0.2, 0) is 13.6 Å². The number of aromatic nitrogens is 2. The van der Waals surface area contributed by atoms with Gasteiger partial charge in [0, 0.05) is 25.5 Å². The van der Waals surface area contributed by atoms with Crippen LogP contribution >= 0.6 is 0 Å². The van der Waals surface area contributed by atoms with Gasteiger partial charge in [0.25, 0.3) is 0 Å². The molecule has 1 atom stereocenters. The summed E-state index contributed by atoms with van der Waals surface area (Å²) in [6, 6.07) is 0.571. The number of hydrogen-bond donors (Lipinski definition) is 1. The van der Waals surface area contributed by atoms with E-state index in [0.29, 0.717) is 6.04 Å². The molecule has 0 spiro atoms. The molecule has 1 N–H and O–H groups in total. The molecule has 0 aromatic carbocycles. The van der Waals surface area contributed by atoms with Crippen molar-refractivity contribution in [3.63, 3.8) is 0 Å². The molecule has 1 rings (SSSR count). The number of nitrogens with one attached hydrogen (secondary N) is 1. The monoisotopic (exact) mass is 252 g/mol. The van der Waals surface area contributed by atoms with Crippen LogP contribution in [0.1, 0.15) is 33.0 Å². The zero-order valence-corrected chi connectivity index (χ0v) is 12.5. The van der Waals surface area contributed by atoms with Crippen LogP contribution < -0.4 is 5.32 Å². The van der Waals surface area contributed by atoms with Crippen molar-refractivity contribution in [1.82, 2.24) is 19.8 Å². The minimum atomic E-state index is 0.571. The molecule has 104 valence electrons. The Kier molecular flexibility index (Phi) is 6.36. The van der Waals surface area contributed by atoms with Gasteiger partial charge in [-0.25, -0.2) is 4.98 Å². The predicted octanol–water partition coefficient (Wildman–Crippen LogP) is 1.88. The molecule has 0 amide bonds. The second kappa shape index (κ2) is 7.54. The second-order valence-electron chi connectivity index (χ2n) is 5.61. The predicted molar refractivity (Wildman–Crippen MR) is 76.5 cm³/mol. The van der Waals surface area contributed by atoms with E-state index in [2.05, 4.69) is 47.6 Å². The van der Waals surface area contributed by atoms with E-state index in [9.17, 15) is 0 Å². The largest absolute Gasteiger partial charge is 0.337 e. The van der Waals surface area contributed by atoms with Crippen molar-refractivity contribution in [2.75, 3.05) is 20.1 Å². The first-order valence-corrected chi connectivity index (χ1v) is 6.88. The van der Waals surface area contributed by atoms with Gasteiger partial charge in [0.15, 0.2) is 0 Å². The van der Waals surface area contributed by atoms with E-state index in [4.69, 9.17) is 0 Å². The standard InChI is InChI=1S/C14H28N4/c1-12(2)10-15-7-6-13(3)18(5)11-14-16-8-9-17(14)4/h8-9,12-13,15H,6-7,10-11H2,1-5H3. The lowest BCUT2D eigenvalue weighted by atomic mass is 10.2. The highest BCUT2D eigenvalue weighted by atomic mass is 15.2. The molecule has 18 heavy (non-hydrogen) atoms. The van der Waals surface area contributed by atoms with Gasteiger partial charge in [-0.1, -0.05) is 13.8 Å². The molecule has 0 saturated carbocycles. The van der Waals surface area contributed by atoms with Crippen molar-refractivity contribution in [3.8, 4) is 0 Å². The Labute approximate surface area is 111 Å². The maximum absolute atomic E-state index is 4.36. The van der Waals surface area contributed by atoms with E-state index < -0.39 is 0 Å². The Bertz CT molecular complexity index is 332. The normalized spacial score (nSPS) is 13.5. The second-order valence-corrected chi connectivity index (χ2v) is 5.61. The van der Waals surface area contributed by atoms with Crippen LogP contribution in [0.3, 0.4) is 0 Å². The minimum Gasteiger partial charge on any atom is -0.337 e. The lowest BCUT2D eigenvalue weighted by molar-refractivity contribution is 0.228. The van der Waals surface area contributed by atoms with Gasteiger partial charge in [0.05, 0.1) is 6.54 Å². The number of rotatable bonds is 8. The molecular formula is C14H28N4. The Morgan fingerprint density at radius 2 is 2.11 bits per heavy atom. The summed E-state index contributed by atoms with van der Waals surface area (Å²) in [6.07, 6.45) is 5.03. The van der Waals surface area contributed by atoms with Gasteiger partial charge in [-0.3, -0.25) is 4.90 Å². The smallest absolute Gasteiger partial charge is 0.122 e. The molecule has 0 aliphatic carbocycles. The summed E-state index contributed by atoms with van der Waals surface area (Å²) >= 11 is 0. The van der Waals surface area contributed by atoms with Gasteiger partial charge in [-0.15, -0.1) is 0 Å². The Morgan fingerprint density at radius 3 is 2.67 bits per heavy atom. The summed E-state index contributed by atoms with van der Waals surface area (Å²) in [5.41, 5.74) is 0. The molecule has 0 aliphatic heterocycles. The summed E-state index contributed by atoms with van der Waals surface area (Å²) in [5.74, 6) is 1.85. The molecule has 1 aromatic heterocycles. The summed E-state index contributed by atoms with van der Waals surface area (Å²) < 4.78 is 2.08. The number of aryl methyl sites for hydroxylation is 1. The Balaban J connectivity index is 2.24. The van der Waals surface area contributed by atoms with Crippen LogP contribution in [0.15, 0.2) is 12.4 Å². The molecule has 4 heteroatoms. The van der Waals surface area contributed by atoms with Crippen LogP contribution in [0.5, 0.6) is 0 Å². The fraction of sp³-hybridized carbons (Fsp3) is 0.786. The average Bonchev–Trinajstić information content (AvgIpc) is 2.70. The number of nitrogens with zero attached hydrogens (tertiary/aromatic N) is 3. The molecule has 0 aliphatic rings. The van der Waals surface area contributed by atoms with Gasteiger partial charge in [-0.05, 0) is 39.4 Å². The van der Waals surface area contributed by atoms with E-state index in [1.54, 1.807) is 0 Å². The van der Waals surface area contributed by atoms with Crippen LogP contribution in [0.2, 0.25) is 0 Å². The zero-order chi connectivity index (χ0) is 13.5. The van der Waals surface area contributed by atoms with Crippen molar-refractivity contribution in [3.05, 3.63) is 18.2 Å². The van der Waals surface area contributed by atoms with Gasteiger partial charge in [0.1, 0.15) is 5.82 Å². The van der Waals surface area contributed by atoms with Crippen molar-refractivity contribution in [1.29, 1.82) is 0 Å². The average molecular weight is 252 g/mol. The summed E-state index contributed by atoms with van der Waals surface area (Å²) in [4.78, 5) is 6.72. The fourth-order valence-electron chi connectivity index (χ4n) is 1.85. The van der Waals surface area contributed by atoms with Crippen LogP contribution in [0.25, 0.3) is 0 Å². The molecule has 1 aromatic rings. The van der Waals surface area contributed by atoms with Crippen molar-refractivity contribution in [2.24, 2.45) is 13.0 Å². The number of hydrogen-bond acceptors (Lipinski definition) is 3. The zero-order valence-electron chi connectivity index (χ0n) is 12.5. The van der Waals surface area contributed by atoms with E-state index in [0.717, 1.165) is 31.4 Å². The van der Waals surface area contributed by atoms with Gasteiger partial charge in [-0.2, -0.15) is 0 Å². The SMILES string of the molecule is CC(C)CNCCC(C)N(C)Cc1nccn1C. The minimum absolute atomic E-state index is 0.571. The van der Waals surface area contributed by atoms with E-state index in [-0.39, 0.29) is 0 Å². The molecule has 1 heterocycles. The lowest BCUT2D eigenvalue weighted by Gasteiger charge is -2.24. The third-order valence-electron chi connectivity index (χ3n) is 3.36. The fourth-order valence-corrected chi connectivity index (χ4v) is 1.85. The highest BCUT2D eigenvalue weighted by molar-refractivity contribution is 4.91.